The summed E-state index contributed by atoms with van der Waals surface area (Å²) in [6, 6.07) is 0. The van der Waals surface area contributed by atoms with Crippen molar-refractivity contribution in [2.24, 2.45) is 0 Å². The Labute approximate surface area is 88.9 Å². The predicted octanol–water partition coefficient (Wildman–Crippen LogP) is -0.488. The van der Waals surface area contributed by atoms with E-state index in [0.29, 0.717) is 13.2 Å². The van der Waals surface area contributed by atoms with Gasteiger partial charge in [-0.2, -0.15) is 4.31 Å². The van der Waals surface area contributed by atoms with E-state index in [-0.39, 0.29) is 13.1 Å². The molecule has 0 radical (unpaired) electrons. The van der Waals surface area contributed by atoms with E-state index < -0.39 is 20.7 Å². The lowest BCUT2D eigenvalue weighted by Crippen LogP contribution is -2.52. The Balaban J connectivity index is 2.95. The van der Waals surface area contributed by atoms with Crippen LogP contribution >= 0.6 is 0 Å². The van der Waals surface area contributed by atoms with Gasteiger partial charge >= 0.3 is 5.97 Å². The summed E-state index contributed by atoms with van der Waals surface area (Å²) in [6.07, 6.45) is 0. The maximum Gasteiger partial charge on any atom is 0.325 e. The fourth-order valence-corrected chi connectivity index (χ4v) is 2.72. The molecule has 0 aromatic rings. The molecular formula is C8H15NO5S. The van der Waals surface area contributed by atoms with Crippen LogP contribution in [0.2, 0.25) is 0 Å². The second kappa shape index (κ2) is 4.07. The maximum absolute atomic E-state index is 11.9. The molecule has 88 valence electrons. The minimum Gasteiger partial charge on any atom is -0.480 e. The van der Waals surface area contributed by atoms with E-state index in [9.17, 15) is 13.2 Å². The van der Waals surface area contributed by atoms with E-state index in [1.54, 1.807) is 0 Å². The zero-order chi connectivity index (χ0) is 11.7. The van der Waals surface area contributed by atoms with Crippen LogP contribution in [0.15, 0.2) is 0 Å². The van der Waals surface area contributed by atoms with Crippen molar-refractivity contribution < 1.29 is 23.1 Å². The Bertz CT molecular complexity index is 342. The van der Waals surface area contributed by atoms with Crippen LogP contribution in [0.1, 0.15) is 13.8 Å². The molecule has 0 bridgehead atoms. The van der Waals surface area contributed by atoms with E-state index >= 15 is 0 Å². The maximum atomic E-state index is 11.9. The Hall–Kier alpha value is -0.660. The SMILES string of the molecule is CC(C)(C(=O)O)S(=O)(=O)N1CCOCC1. The lowest BCUT2D eigenvalue weighted by atomic mass is 10.2. The van der Waals surface area contributed by atoms with Gasteiger partial charge in [-0.05, 0) is 13.8 Å². The highest BCUT2D eigenvalue weighted by Gasteiger charge is 2.45. The van der Waals surface area contributed by atoms with E-state index in [2.05, 4.69) is 0 Å². The van der Waals surface area contributed by atoms with Crippen LogP contribution in [-0.4, -0.2) is 54.8 Å². The van der Waals surface area contributed by atoms with Gasteiger partial charge in [0.1, 0.15) is 0 Å². The number of morpholine rings is 1. The third-order valence-corrected chi connectivity index (χ3v) is 4.98. The summed E-state index contributed by atoms with van der Waals surface area (Å²) in [5.41, 5.74) is 0. The number of rotatable bonds is 3. The second-order valence-electron chi connectivity index (χ2n) is 3.83. The van der Waals surface area contributed by atoms with Crippen LogP contribution < -0.4 is 0 Å². The molecule has 0 saturated carbocycles. The first-order chi connectivity index (χ1) is 6.80. The molecule has 6 nitrogen and oxygen atoms in total. The lowest BCUT2D eigenvalue weighted by Gasteiger charge is -2.31. The summed E-state index contributed by atoms with van der Waals surface area (Å²) in [5.74, 6) is -1.34. The molecule has 0 aliphatic carbocycles. The summed E-state index contributed by atoms with van der Waals surface area (Å²) in [6.45, 7) is 3.46. The Kier molecular flexibility index (Phi) is 3.37. The van der Waals surface area contributed by atoms with Crippen molar-refractivity contribution in [3.8, 4) is 0 Å². The van der Waals surface area contributed by atoms with Gasteiger partial charge in [0.25, 0.3) is 0 Å². The van der Waals surface area contributed by atoms with Crippen molar-refractivity contribution in [3.63, 3.8) is 0 Å². The molecule has 1 aliphatic rings. The number of hydrogen-bond acceptors (Lipinski definition) is 4. The van der Waals surface area contributed by atoms with E-state index in [4.69, 9.17) is 9.84 Å². The largest absolute Gasteiger partial charge is 0.480 e. The van der Waals surface area contributed by atoms with Crippen molar-refractivity contribution in [2.45, 2.75) is 18.6 Å². The number of ether oxygens (including phenoxy) is 1. The van der Waals surface area contributed by atoms with Gasteiger partial charge in [-0.3, -0.25) is 4.79 Å². The van der Waals surface area contributed by atoms with Crippen LogP contribution in [0.5, 0.6) is 0 Å². The molecule has 0 aromatic carbocycles. The first-order valence-electron chi connectivity index (χ1n) is 4.61. The summed E-state index contributed by atoms with van der Waals surface area (Å²) < 4.78 is 28.3. The molecule has 1 heterocycles. The van der Waals surface area contributed by atoms with Crippen LogP contribution in [0.25, 0.3) is 0 Å². The summed E-state index contributed by atoms with van der Waals surface area (Å²) in [4.78, 5) is 10.9. The minimum absolute atomic E-state index is 0.221. The minimum atomic E-state index is -3.81. The van der Waals surface area contributed by atoms with Crippen LogP contribution in [0, 0.1) is 0 Å². The van der Waals surface area contributed by atoms with E-state index in [0.717, 1.165) is 0 Å². The van der Waals surface area contributed by atoms with Crippen LogP contribution in [0.4, 0.5) is 0 Å². The summed E-state index contributed by atoms with van der Waals surface area (Å²) in [7, 11) is -3.81. The molecule has 15 heavy (non-hydrogen) atoms. The smallest absolute Gasteiger partial charge is 0.325 e. The highest BCUT2D eigenvalue weighted by molar-refractivity contribution is 7.91. The van der Waals surface area contributed by atoms with Crippen LogP contribution in [0.3, 0.4) is 0 Å². The van der Waals surface area contributed by atoms with Crippen molar-refractivity contribution in [2.75, 3.05) is 26.3 Å². The first-order valence-corrected chi connectivity index (χ1v) is 6.05. The average Bonchev–Trinajstić information content (AvgIpc) is 2.18. The van der Waals surface area contributed by atoms with E-state index in [1.807, 2.05) is 0 Å². The number of hydrogen-bond donors (Lipinski definition) is 1. The van der Waals surface area contributed by atoms with Crippen molar-refractivity contribution >= 4 is 16.0 Å². The lowest BCUT2D eigenvalue weighted by molar-refractivity contribution is -0.139. The summed E-state index contributed by atoms with van der Waals surface area (Å²) in [5, 5.41) is 8.87. The molecule has 1 saturated heterocycles. The van der Waals surface area contributed by atoms with Gasteiger partial charge < -0.3 is 9.84 Å². The zero-order valence-corrected chi connectivity index (χ0v) is 9.58. The standard InChI is InChI=1S/C8H15NO5S/c1-8(2,7(10)11)15(12,13)9-3-5-14-6-4-9/h3-6H2,1-2H3,(H,10,11). The molecule has 7 heteroatoms. The highest BCUT2D eigenvalue weighted by atomic mass is 32.2. The molecule has 0 spiro atoms. The quantitative estimate of drug-likeness (QED) is 0.716. The van der Waals surface area contributed by atoms with Crippen molar-refractivity contribution in [1.29, 1.82) is 0 Å². The third kappa shape index (κ3) is 2.14. The molecule has 0 atom stereocenters. The molecule has 0 amide bonds. The molecule has 1 N–H and O–H groups in total. The Morgan fingerprint density at radius 2 is 1.80 bits per heavy atom. The van der Waals surface area contributed by atoms with Gasteiger partial charge in [0.05, 0.1) is 13.2 Å². The topological polar surface area (TPSA) is 83.9 Å². The highest BCUT2D eigenvalue weighted by Crippen LogP contribution is 2.22. The molecule has 1 fully saturated rings. The molecular weight excluding hydrogens is 222 g/mol. The number of nitrogens with zero attached hydrogens (tertiary/aromatic N) is 1. The van der Waals surface area contributed by atoms with Gasteiger partial charge in [-0.25, -0.2) is 8.42 Å². The van der Waals surface area contributed by atoms with Crippen molar-refractivity contribution in [3.05, 3.63) is 0 Å². The van der Waals surface area contributed by atoms with Gasteiger partial charge in [-0.15, -0.1) is 0 Å². The van der Waals surface area contributed by atoms with Gasteiger partial charge in [0.15, 0.2) is 4.75 Å². The van der Waals surface area contributed by atoms with Gasteiger partial charge in [0, 0.05) is 13.1 Å². The second-order valence-corrected chi connectivity index (χ2v) is 6.32. The first kappa shape index (κ1) is 12.4. The summed E-state index contributed by atoms with van der Waals surface area (Å²) >= 11 is 0. The number of aliphatic carboxylic acids is 1. The van der Waals surface area contributed by atoms with Crippen molar-refractivity contribution in [1.82, 2.24) is 4.31 Å². The molecule has 0 aromatic heterocycles. The predicted molar refractivity (Wildman–Crippen MR) is 53.0 cm³/mol. The fourth-order valence-electron chi connectivity index (χ4n) is 1.22. The zero-order valence-electron chi connectivity index (χ0n) is 8.76. The monoisotopic (exact) mass is 237 g/mol. The van der Waals surface area contributed by atoms with Crippen LogP contribution in [-0.2, 0) is 19.6 Å². The fraction of sp³-hybridized carbons (Fsp3) is 0.875. The number of carboxylic acids is 1. The van der Waals surface area contributed by atoms with E-state index in [1.165, 1.54) is 18.2 Å². The number of sulfonamides is 1. The molecule has 1 aliphatic heterocycles. The Morgan fingerprint density at radius 1 is 1.33 bits per heavy atom. The normalized spacial score (nSPS) is 20.1. The molecule has 0 unspecified atom stereocenters. The van der Waals surface area contributed by atoms with Gasteiger partial charge in [0.2, 0.25) is 10.0 Å². The number of carbonyl (C=O) groups is 1. The average molecular weight is 237 g/mol. The number of carboxylic acid groups (broad SMARTS) is 1. The molecule has 1 rings (SSSR count). The van der Waals surface area contributed by atoms with Gasteiger partial charge in [-0.1, -0.05) is 0 Å². The Morgan fingerprint density at radius 3 is 2.20 bits per heavy atom. The third-order valence-electron chi connectivity index (χ3n) is 2.47.